The number of rotatable bonds is 4. The van der Waals surface area contributed by atoms with Gasteiger partial charge < -0.3 is 19.6 Å². The molecule has 2 fully saturated rings. The lowest BCUT2D eigenvalue weighted by Crippen LogP contribution is -2.44. The number of carbonyl (C=O) groups is 2. The van der Waals surface area contributed by atoms with Crippen LogP contribution in [0.2, 0.25) is 0 Å². The zero-order chi connectivity index (χ0) is 17.3. The van der Waals surface area contributed by atoms with Crippen molar-refractivity contribution < 1.29 is 19.4 Å². The van der Waals surface area contributed by atoms with Crippen molar-refractivity contribution in [3.8, 4) is 0 Å². The van der Waals surface area contributed by atoms with Gasteiger partial charge in [0, 0.05) is 30.4 Å². The fraction of sp³-hybridized carbons (Fsp3) is 0.529. The Morgan fingerprint density at radius 2 is 2.25 bits per heavy atom. The fourth-order valence-corrected chi connectivity index (χ4v) is 3.88. The van der Waals surface area contributed by atoms with Gasteiger partial charge in [0.05, 0.1) is 18.8 Å². The number of hydrogen-bond acceptors (Lipinski definition) is 4. The molecule has 1 N–H and O–H groups in total. The van der Waals surface area contributed by atoms with Crippen LogP contribution in [-0.2, 0) is 14.3 Å². The van der Waals surface area contributed by atoms with Crippen molar-refractivity contribution in [2.75, 3.05) is 31.7 Å². The molecule has 24 heavy (non-hydrogen) atoms. The zero-order valence-electron chi connectivity index (χ0n) is 13.5. The maximum Gasteiger partial charge on any atom is 0.239 e. The summed E-state index contributed by atoms with van der Waals surface area (Å²) in [5, 5.41) is 9.52. The van der Waals surface area contributed by atoms with E-state index in [-0.39, 0.29) is 30.6 Å². The molecule has 1 unspecified atom stereocenters. The van der Waals surface area contributed by atoms with E-state index in [2.05, 4.69) is 15.9 Å². The highest BCUT2D eigenvalue weighted by Crippen LogP contribution is 2.30. The number of ether oxygens (including phenoxy) is 1. The van der Waals surface area contributed by atoms with Gasteiger partial charge in [-0.15, -0.1) is 0 Å². The number of benzene rings is 1. The summed E-state index contributed by atoms with van der Waals surface area (Å²) in [5.74, 6) is -1.04. The molecule has 7 heteroatoms. The number of halogens is 1. The summed E-state index contributed by atoms with van der Waals surface area (Å²) in [4.78, 5) is 28.8. The van der Waals surface area contributed by atoms with Gasteiger partial charge in [0.1, 0.15) is 5.92 Å². The summed E-state index contributed by atoms with van der Waals surface area (Å²) in [5.41, 5.74) is 0.791. The minimum absolute atomic E-state index is 0.0798. The molecule has 0 spiro atoms. The maximum atomic E-state index is 12.8. The second kappa shape index (κ2) is 7.21. The van der Waals surface area contributed by atoms with Crippen LogP contribution in [0.3, 0.4) is 0 Å². The molecule has 0 aromatic heterocycles. The predicted octanol–water partition coefficient (Wildman–Crippen LogP) is 1.41. The number of methoxy groups -OCH3 is 1. The van der Waals surface area contributed by atoms with Crippen LogP contribution in [0.25, 0.3) is 0 Å². The first-order valence-electron chi connectivity index (χ1n) is 8.06. The molecule has 0 bridgehead atoms. The van der Waals surface area contributed by atoms with Crippen LogP contribution in [0.1, 0.15) is 12.8 Å². The molecule has 3 atom stereocenters. The molecular formula is C17H21BrN2O4. The minimum Gasteiger partial charge on any atom is -0.394 e. The highest BCUT2D eigenvalue weighted by atomic mass is 79.9. The van der Waals surface area contributed by atoms with E-state index in [0.29, 0.717) is 25.9 Å². The lowest BCUT2D eigenvalue weighted by atomic mass is 10.1. The SMILES string of the molecule is CO[C@@H]1C[C@@H](CO)N(C(=O)C2CCN(c3cccc(Br)c3)C2=O)C1. The molecule has 6 nitrogen and oxygen atoms in total. The first kappa shape index (κ1) is 17.4. The van der Waals surface area contributed by atoms with E-state index >= 15 is 0 Å². The topological polar surface area (TPSA) is 70.1 Å². The molecule has 2 aliphatic heterocycles. The van der Waals surface area contributed by atoms with Gasteiger partial charge in [-0.1, -0.05) is 22.0 Å². The van der Waals surface area contributed by atoms with Gasteiger partial charge in [0.25, 0.3) is 0 Å². The quantitative estimate of drug-likeness (QED) is 0.781. The van der Waals surface area contributed by atoms with E-state index in [9.17, 15) is 14.7 Å². The van der Waals surface area contributed by atoms with Crippen molar-refractivity contribution in [3.05, 3.63) is 28.7 Å². The first-order valence-corrected chi connectivity index (χ1v) is 8.85. The number of likely N-dealkylation sites (tertiary alicyclic amines) is 1. The van der Waals surface area contributed by atoms with Crippen LogP contribution >= 0.6 is 15.9 Å². The number of amides is 2. The van der Waals surface area contributed by atoms with E-state index in [1.54, 1.807) is 16.9 Å². The summed E-state index contributed by atoms with van der Waals surface area (Å²) in [6, 6.07) is 7.23. The molecule has 2 heterocycles. The number of hydrogen-bond donors (Lipinski definition) is 1. The van der Waals surface area contributed by atoms with Crippen molar-refractivity contribution in [1.29, 1.82) is 0 Å². The number of nitrogens with zero attached hydrogens (tertiary/aromatic N) is 2. The Morgan fingerprint density at radius 3 is 2.92 bits per heavy atom. The molecule has 2 aliphatic rings. The van der Waals surface area contributed by atoms with Gasteiger partial charge in [-0.25, -0.2) is 0 Å². The highest BCUT2D eigenvalue weighted by Gasteiger charge is 2.44. The molecular weight excluding hydrogens is 376 g/mol. The van der Waals surface area contributed by atoms with Gasteiger partial charge in [0.15, 0.2) is 0 Å². The monoisotopic (exact) mass is 396 g/mol. The molecule has 1 aromatic carbocycles. The summed E-state index contributed by atoms with van der Waals surface area (Å²) < 4.78 is 6.21. The molecule has 0 saturated carbocycles. The average Bonchev–Trinajstić information content (AvgIpc) is 3.17. The van der Waals surface area contributed by atoms with Crippen LogP contribution in [-0.4, -0.2) is 60.8 Å². The van der Waals surface area contributed by atoms with Crippen LogP contribution in [0.15, 0.2) is 28.7 Å². The standard InChI is InChI=1S/C17H21BrN2O4/c1-24-14-8-13(10-21)20(9-14)17(23)15-5-6-19(16(15)22)12-4-2-3-11(18)7-12/h2-4,7,13-15,21H,5-6,8-10H2,1H3/t13-,14+,15?/m0/s1. The van der Waals surface area contributed by atoms with Crippen molar-refractivity contribution in [3.63, 3.8) is 0 Å². The molecule has 0 radical (unpaired) electrons. The third-order valence-corrected chi connectivity index (χ3v) is 5.32. The Balaban J connectivity index is 1.74. The minimum atomic E-state index is -0.673. The first-order chi connectivity index (χ1) is 11.5. The Bertz CT molecular complexity index is 639. The average molecular weight is 397 g/mol. The smallest absolute Gasteiger partial charge is 0.239 e. The third kappa shape index (κ3) is 3.20. The molecule has 1 aromatic rings. The van der Waals surface area contributed by atoms with Crippen LogP contribution < -0.4 is 4.90 Å². The number of carbonyl (C=O) groups excluding carboxylic acids is 2. The predicted molar refractivity (Wildman–Crippen MR) is 92.6 cm³/mol. The van der Waals surface area contributed by atoms with Crippen LogP contribution in [0.5, 0.6) is 0 Å². The number of anilines is 1. The maximum absolute atomic E-state index is 12.8. The molecule has 2 amide bonds. The van der Waals surface area contributed by atoms with Crippen molar-refractivity contribution in [2.24, 2.45) is 5.92 Å². The van der Waals surface area contributed by atoms with Gasteiger partial charge in [0.2, 0.25) is 11.8 Å². The lowest BCUT2D eigenvalue weighted by Gasteiger charge is -2.25. The summed E-state index contributed by atoms with van der Waals surface area (Å²) in [6.45, 7) is 0.847. The largest absolute Gasteiger partial charge is 0.394 e. The van der Waals surface area contributed by atoms with Crippen LogP contribution in [0, 0.1) is 5.92 Å². The van der Waals surface area contributed by atoms with Gasteiger partial charge in [-0.3, -0.25) is 9.59 Å². The lowest BCUT2D eigenvalue weighted by molar-refractivity contribution is -0.141. The van der Waals surface area contributed by atoms with E-state index < -0.39 is 5.92 Å². The summed E-state index contributed by atoms with van der Waals surface area (Å²) >= 11 is 3.40. The Kier molecular flexibility index (Phi) is 5.22. The molecule has 3 rings (SSSR count). The second-order valence-corrected chi connectivity index (χ2v) is 7.15. The van der Waals surface area contributed by atoms with E-state index in [1.807, 2.05) is 24.3 Å². The van der Waals surface area contributed by atoms with Crippen LogP contribution in [0.4, 0.5) is 5.69 Å². The Hall–Kier alpha value is -1.44. The van der Waals surface area contributed by atoms with E-state index in [0.717, 1.165) is 10.2 Å². The second-order valence-electron chi connectivity index (χ2n) is 6.23. The number of aliphatic hydroxyl groups excluding tert-OH is 1. The summed E-state index contributed by atoms with van der Waals surface area (Å²) in [6.07, 6.45) is 1.02. The van der Waals surface area contributed by atoms with Crippen molar-refractivity contribution in [2.45, 2.75) is 25.0 Å². The van der Waals surface area contributed by atoms with Crippen molar-refractivity contribution in [1.82, 2.24) is 4.90 Å². The highest BCUT2D eigenvalue weighted by molar-refractivity contribution is 9.10. The van der Waals surface area contributed by atoms with Gasteiger partial charge >= 0.3 is 0 Å². The molecule has 130 valence electrons. The van der Waals surface area contributed by atoms with E-state index in [1.165, 1.54) is 0 Å². The summed E-state index contributed by atoms with van der Waals surface area (Å²) in [7, 11) is 1.60. The van der Waals surface area contributed by atoms with E-state index in [4.69, 9.17) is 4.74 Å². The fourth-order valence-electron chi connectivity index (χ4n) is 3.50. The zero-order valence-corrected chi connectivity index (χ0v) is 15.1. The Morgan fingerprint density at radius 1 is 1.46 bits per heavy atom. The van der Waals surface area contributed by atoms with Crippen molar-refractivity contribution >= 4 is 33.4 Å². The molecule has 0 aliphatic carbocycles. The normalized spacial score (nSPS) is 27.1. The number of aliphatic hydroxyl groups is 1. The Labute approximate surface area is 149 Å². The van der Waals surface area contributed by atoms with Gasteiger partial charge in [-0.05, 0) is 31.0 Å². The third-order valence-electron chi connectivity index (χ3n) is 4.83. The van der Waals surface area contributed by atoms with Gasteiger partial charge in [-0.2, -0.15) is 0 Å². The molecule has 2 saturated heterocycles.